The third kappa shape index (κ3) is 2.22. The summed E-state index contributed by atoms with van der Waals surface area (Å²) in [5, 5.41) is 20.0. The minimum absolute atomic E-state index is 0.0443. The molecule has 0 unspecified atom stereocenters. The molecule has 8 nitrogen and oxygen atoms in total. The van der Waals surface area contributed by atoms with E-state index in [0.29, 0.717) is 16.9 Å². The molecule has 0 bridgehead atoms. The van der Waals surface area contributed by atoms with Gasteiger partial charge in [-0.15, -0.1) is 10.2 Å². The van der Waals surface area contributed by atoms with Gasteiger partial charge in [-0.2, -0.15) is 4.98 Å². The molecule has 2 heterocycles. The van der Waals surface area contributed by atoms with Crippen LogP contribution in [0.1, 0.15) is 0 Å². The number of hydrogen-bond donors (Lipinski definition) is 3. The van der Waals surface area contributed by atoms with E-state index < -0.39 is 0 Å². The average Bonchev–Trinajstić information content (AvgIpc) is 2.98. The predicted molar refractivity (Wildman–Crippen MR) is 85.9 cm³/mol. The second-order valence-corrected chi connectivity index (χ2v) is 4.87. The molecule has 8 heteroatoms. The summed E-state index contributed by atoms with van der Waals surface area (Å²) in [7, 11) is 0. The molecule has 0 radical (unpaired) electrons. The summed E-state index contributed by atoms with van der Waals surface area (Å²) in [5.74, 6) is 0.569. The van der Waals surface area contributed by atoms with Crippen molar-refractivity contribution >= 4 is 39.4 Å². The molecule has 0 saturated carbocycles. The van der Waals surface area contributed by atoms with Gasteiger partial charge in [-0.05, 0) is 11.5 Å². The Morgan fingerprint density at radius 3 is 2.78 bits per heavy atom. The van der Waals surface area contributed by atoms with Crippen LogP contribution in [-0.4, -0.2) is 25.0 Å². The molecule has 4 N–H and O–H groups in total. The summed E-state index contributed by atoms with van der Waals surface area (Å²) in [6, 6.07) is 11.0. The number of nitrogen functional groups attached to an aromatic ring is 1. The van der Waals surface area contributed by atoms with Crippen LogP contribution in [0.5, 0.6) is 5.75 Å². The molecule has 4 aromatic rings. The normalized spacial score (nSPS) is 11.7. The number of rotatable bonds is 2. The number of hydrogen-bond acceptors (Lipinski definition) is 7. The van der Waals surface area contributed by atoms with E-state index in [0.717, 1.165) is 10.8 Å². The van der Waals surface area contributed by atoms with Crippen LogP contribution in [0.15, 0.2) is 53.0 Å². The summed E-state index contributed by atoms with van der Waals surface area (Å²) in [5.41, 5.74) is 7.03. The van der Waals surface area contributed by atoms with Crippen molar-refractivity contribution in [1.29, 1.82) is 0 Å². The lowest BCUT2D eigenvalue weighted by Crippen LogP contribution is -1.91. The van der Waals surface area contributed by atoms with E-state index in [4.69, 9.17) is 5.73 Å². The highest BCUT2D eigenvalue weighted by Gasteiger charge is 2.08. The number of azo groups is 1. The van der Waals surface area contributed by atoms with Crippen LogP contribution < -0.4 is 5.73 Å². The van der Waals surface area contributed by atoms with Crippen LogP contribution in [0, 0.1) is 0 Å². The Morgan fingerprint density at radius 1 is 1.04 bits per heavy atom. The Kier molecular flexibility index (Phi) is 2.87. The number of aromatic nitrogens is 4. The zero-order valence-electron chi connectivity index (χ0n) is 11.8. The summed E-state index contributed by atoms with van der Waals surface area (Å²) < 4.78 is 0. The molecule has 0 aliphatic rings. The zero-order chi connectivity index (χ0) is 15.8. The fraction of sp³-hybridized carbons (Fsp3) is 0. The van der Waals surface area contributed by atoms with Gasteiger partial charge < -0.3 is 15.8 Å². The molecule has 112 valence electrons. The van der Waals surface area contributed by atoms with Gasteiger partial charge in [-0.25, -0.2) is 9.97 Å². The van der Waals surface area contributed by atoms with Gasteiger partial charge in [0.1, 0.15) is 23.3 Å². The van der Waals surface area contributed by atoms with Gasteiger partial charge in [-0.1, -0.05) is 30.3 Å². The van der Waals surface area contributed by atoms with Crippen molar-refractivity contribution < 1.29 is 5.11 Å². The lowest BCUT2D eigenvalue weighted by Gasteiger charge is -2.02. The summed E-state index contributed by atoms with van der Waals surface area (Å²) in [6.45, 7) is 0. The van der Waals surface area contributed by atoms with E-state index in [1.165, 1.54) is 6.33 Å². The van der Waals surface area contributed by atoms with E-state index >= 15 is 0 Å². The topological polar surface area (TPSA) is 125 Å². The number of aromatic hydroxyl groups is 1. The van der Waals surface area contributed by atoms with Crippen LogP contribution in [0.3, 0.4) is 0 Å². The lowest BCUT2D eigenvalue weighted by molar-refractivity contribution is 0.477. The van der Waals surface area contributed by atoms with Gasteiger partial charge in [0.2, 0.25) is 5.95 Å². The van der Waals surface area contributed by atoms with Gasteiger partial charge in [0.25, 0.3) is 0 Å². The Bertz CT molecular complexity index is 1050. The Labute approximate surface area is 129 Å². The van der Waals surface area contributed by atoms with Crippen molar-refractivity contribution in [3.8, 4) is 5.75 Å². The predicted octanol–water partition coefficient (Wildman–Crippen LogP) is 3.21. The third-order valence-corrected chi connectivity index (χ3v) is 3.43. The van der Waals surface area contributed by atoms with Gasteiger partial charge in [-0.3, -0.25) is 0 Å². The fourth-order valence-electron chi connectivity index (χ4n) is 2.33. The first-order chi connectivity index (χ1) is 11.2. The lowest BCUT2D eigenvalue weighted by atomic mass is 10.1. The molecule has 2 aromatic carbocycles. The molecule has 23 heavy (non-hydrogen) atoms. The number of fused-ring (bicyclic) bond motifs is 2. The molecule has 2 aromatic heterocycles. The third-order valence-electron chi connectivity index (χ3n) is 3.43. The molecule has 0 spiro atoms. The van der Waals surface area contributed by atoms with Crippen LogP contribution >= 0.6 is 0 Å². The monoisotopic (exact) mass is 305 g/mol. The van der Waals surface area contributed by atoms with Crippen LogP contribution in [0.25, 0.3) is 21.9 Å². The van der Waals surface area contributed by atoms with Crippen molar-refractivity contribution in [3.05, 3.63) is 42.7 Å². The molecule has 0 amide bonds. The second kappa shape index (κ2) is 5.02. The summed E-state index contributed by atoms with van der Waals surface area (Å²) in [6.07, 6.45) is 1.33. The minimum atomic E-state index is 0.0443. The molecule has 0 fully saturated rings. The fourth-order valence-corrected chi connectivity index (χ4v) is 2.33. The number of anilines is 1. The van der Waals surface area contributed by atoms with Crippen LogP contribution in [0.2, 0.25) is 0 Å². The molecular weight excluding hydrogens is 294 g/mol. The Balaban J connectivity index is 1.81. The maximum absolute atomic E-state index is 10.0. The highest BCUT2D eigenvalue weighted by atomic mass is 16.3. The number of benzene rings is 2. The number of aromatic amines is 1. The Hall–Kier alpha value is -3.55. The van der Waals surface area contributed by atoms with E-state index in [2.05, 4.69) is 30.2 Å². The Morgan fingerprint density at radius 2 is 1.91 bits per heavy atom. The highest BCUT2D eigenvalue weighted by molar-refractivity contribution is 5.95. The first kappa shape index (κ1) is 13.1. The number of nitrogens with two attached hydrogens (primary N) is 1. The van der Waals surface area contributed by atoms with Crippen LogP contribution in [0.4, 0.5) is 17.5 Å². The van der Waals surface area contributed by atoms with E-state index in [9.17, 15) is 5.11 Å². The van der Waals surface area contributed by atoms with Crippen molar-refractivity contribution in [2.75, 3.05) is 5.73 Å². The average molecular weight is 305 g/mol. The number of nitrogens with zero attached hydrogens (tertiary/aromatic N) is 5. The van der Waals surface area contributed by atoms with Gasteiger partial charge >= 0.3 is 0 Å². The minimum Gasteiger partial charge on any atom is -0.506 e. The summed E-state index contributed by atoms with van der Waals surface area (Å²) in [4.78, 5) is 14.9. The van der Waals surface area contributed by atoms with Crippen molar-refractivity contribution in [2.24, 2.45) is 10.2 Å². The smallest absolute Gasteiger partial charge is 0.249 e. The molecule has 0 atom stereocenters. The maximum atomic E-state index is 10.0. The standard InChI is InChI=1S/C15H11N7O/c16-13-12-14(18-7-17-13)20-15(19-12)22-21-11-9-4-2-1-3-8(9)5-6-10(11)23/h1-7,23H,(H3,16,17,18,19,20). The number of H-pyrrole nitrogens is 1. The van der Waals surface area contributed by atoms with Crippen molar-refractivity contribution in [3.63, 3.8) is 0 Å². The number of nitrogens with one attached hydrogen (secondary N) is 1. The summed E-state index contributed by atoms with van der Waals surface area (Å²) >= 11 is 0. The number of imidazole rings is 1. The van der Waals surface area contributed by atoms with E-state index in [-0.39, 0.29) is 17.5 Å². The zero-order valence-corrected chi connectivity index (χ0v) is 11.8. The molecule has 4 rings (SSSR count). The highest BCUT2D eigenvalue weighted by Crippen LogP contribution is 2.35. The van der Waals surface area contributed by atoms with Crippen molar-refractivity contribution in [1.82, 2.24) is 19.9 Å². The molecule has 0 aliphatic heterocycles. The van der Waals surface area contributed by atoms with Crippen molar-refractivity contribution in [2.45, 2.75) is 0 Å². The largest absolute Gasteiger partial charge is 0.506 e. The van der Waals surface area contributed by atoms with Gasteiger partial charge in [0.05, 0.1) is 0 Å². The quantitative estimate of drug-likeness (QED) is 0.490. The number of phenolic OH excluding ortho intramolecular Hbond substituents is 1. The molecule has 0 saturated heterocycles. The molecule has 0 aliphatic carbocycles. The van der Waals surface area contributed by atoms with Crippen LogP contribution in [-0.2, 0) is 0 Å². The van der Waals surface area contributed by atoms with Gasteiger partial charge in [0, 0.05) is 5.39 Å². The number of phenols is 1. The second-order valence-electron chi connectivity index (χ2n) is 4.87. The first-order valence-corrected chi connectivity index (χ1v) is 6.81. The van der Waals surface area contributed by atoms with Gasteiger partial charge in [0.15, 0.2) is 11.5 Å². The SMILES string of the molecule is Nc1ncnc2nc(N=Nc3c(O)ccc4ccccc34)[nH]c12. The maximum Gasteiger partial charge on any atom is 0.249 e. The van der Waals surface area contributed by atoms with E-state index in [1.807, 2.05) is 30.3 Å². The van der Waals surface area contributed by atoms with E-state index in [1.54, 1.807) is 6.07 Å². The first-order valence-electron chi connectivity index (χ1n) is 6.81. The molecular formula is C15H11N7O.